The number of hydrogen-bond donors (Lipinski definition) is 0. The van der Waals surface area contributed by atoms with Gasteiger partial charge >= 0.3 is 0 Å². The number of hydrogen-bond acceptors (Lipinski definition) is 5. The van der Waals surface area contributed by atoms with Crippen molar-refractivity contribution in [2.45, 2.75) is 6.42 Å². The second-order valence-corrected chi connectivity index (χ2v) is 8.00. The summed E-state index contributed by atoms with van der Waals surface area (Å²) < 4.78 is 6.92. The molecular weight excluding hydrogens is 461 g/mol. The van der Waals surface area contributed by atoms with E-state index in [4.69, 9.17) is 16.0 Å². The van der Waals surface area contributed by atoms with Crippen LogP contribution >= 0.6 is 51.3 Å². The van der Waals surface area contributed by atoms with Crippen molar-refractivity contribution in [3.63, 3.8) is 0 Å². The van der Waals surface area contributed by atoms with Gasteiger partial charge in [-0.25, -0.2) is 4.98 Å². The molecule has 0 aliphatic carbocycles. The molecule has 0 spiro atoms. The van der Waals surface area contributed by atoms with Gasteiger partial charge in [0.2, 0.25) is 0 Å². The number of carbonyl (C=O) groups excluding carboxylic acids is 1. The lowest BCUT2D eigenvalue weighted by molar-refractivity contribution is 0.0958. The van der Waals surface area contributed by atoms with Gasteiger partial charge in [0.05, 0.1) is 9.72 Å². The van der Waals surface area contributed by atoms with Crippen molar-refractivity contribution in [3.05, 3.63) is 45.8 Å². The monoisotopic (exact) mass is 477 g/mol. The molecule has 0 atom stereocenters. The first-order chi connectivity index (χ1) is 12.0. The Labute approximate surface area is 175 Å². The van der Waals surface area contributed by atoms with Gasteiger partial charge in [0.15, 0.2) is 15.6 Å². The molecule has 9 heteroatoms. The lowest BCUT2D eigenvalue weighted by Crippen LogP contribution is -2.33. The number of anilines is 1. The van der Waals surface area contributed by atoms with Crippen molar-refractivity contribution in [1.29, 1.82) is 0 Å². The largest absolute Gasteiger partial charge is 0.444 e. The van der Waals surface area contributed by atoms with Gasteiger partial charge in [0.1, 0.15) is 5.52 Å². The summed E-state index contributed by atoms with van der Waals surface area (Å²) in [5.41, 5.74) is 0.718. The van der Waals surface area contributed by atoms with Crippen molar-refractivity contribution in [2.75, 3.05) is 32.1 Å². The molecule has 0 N–H and O–H groups in total. The Kier molecular flexibility index (Phi) is 7.49. The molecule has 0 bridgehead atoms. The second-order valence-electron chi connectivity index (χ2n) is 5.80. The van der Waals surface area contributed by atoms with Crippen LogP contribution in [0.15, 0.2) is 39.4 Å². The summed E-state index contributed by atoms with van der Waals surface area (Å²) in [4.78, 5) is 21.3. The van der Waals surface area contributed by atoms with E-state index in [9.17, 15) is 4.79 Å². The molecule has 0 saturated carbocycles. The molecule has 0 aliphatic heterocycles. The molecule has 2 heterocycles. The SMILES string of the molecule is CN(C)CCCN(C(=O)c1ccc(Br)o1)c1nc2c(Cl)cccc2s1.Cl. The first kappa shape index (κ1) is 21.2. The maximum Gasteiger partial charge on any atom is 0.295 e. The third kappa shape index (κ3) is 4.78. The van der Waals surface area contributed by atoms with E-state index in [1.807, 2.05) is 26.2 Å². The zero-order chi connectivity index (χ0) is 18.0. The molecule has 5 nitrogen and oxygen atoms in total. The maximum atomic E-state index is 12.9. The minimum atomic E-state index is -0.209. The van der Waals surface area contributed by atoms with Crippen molar-refractivity contribution in [3.8, 4) is 0 Å². The second kappa shape index (κ2) is 9.19. The highest BCUT2D eigenvalue weighted by Crippen LogP contribution is 2.33. The molecule has 1 aromatic carbocycles. The number of amides is 1. The molecule has 0 radical (unpaired) electrons. The lowest BCUT2D eigenvalue weighted by Gasteiger charge is -2.19. The molecule has 0 unspecified atom stereocenters. The first-order valence-electron chi connectivity index (χ1n) is 7.72. The fourth-order valence-electron chi connectivity index (χ4n) is 2.41. The Morgan fingerprint density at radius 3 is 2.65 bits per heavy atom. The van der Waals surface area contributed by atoms with Crippen LogP contribution < -0.4 is 4.90 Å². The van der Waals surface area contributed by atoms with Crippen LogP contribution in [0.1, 0.15) is 17.0 Å². The highest BCUT2D eigenvalue weighted by molar-refractivity contribution is 9.10. The quantitative estimate of drug-likeness (QED) is 0.480. The highest BCUT2D eigenvalue weighted by atomic mass is 79.9. The standard InChI is InChI=1S/C17H17BrClN3O2S.ClH/c1-21(2)9-4-10-22(16(23)12-7-8-14(18)24-12)17-20-15-11(19)5-3-6-13(15)25-17;/h3,5-8H,4,9-10H2,1-2H3;1H. The van der Waals surface area contributed by atoms with Crippen LogP contribution in [0.4, 0.5) is 5.13 Å². The summed E-state index contributed by atoms with van der Waals surface area (Å²) in [5, 5.41) is 1.21. The van der Waals surface area contributed by atoms with Crippen LogP contribution in [0.5, 0.6) is 0 Å². The van der Waals surface area contributed by atoms with Gasteiger partial charge in [0, 0.05) is 6.54 Å². The highest BCUT2D eigenvalue weighted by Gasteiger charge is 2.24. The lowest BCUT2D eigenvalue weighted by atomic mass is 10.3. The van der Waals surface area contributed by atoms with Crippen LogP contribution in [0.3, 0.4) is 0 Å². The average Bonchev–Trinajstić information content (AvgIpc) is 3.18. The molecular formula is C17H18BrCl2N3O2S. The Morgan fingerprint density at radius 1 is 1.27 bits per heavy atom. The van der Waals surface area contributed by atoms with E-state index in [0.717, 1.165) is 23.2 Å². The third-order valence-corrected chi connectivity index (χ3v) is 5.38. The number of halogens is 3. The van der Waals surface area contributed by atoms with E-state index < -0.39 is 0 Å². The first-order valence-corrected chi connectivity index (χ1v) is 9.71. The average molecular weight is 479 g/mol. The molecule has 3 aromatic rings. The summed E-state index contributed by atoms with van der Waals surface area (Å²) in [6.45, 7) is 1.42. The fraction of sp³-hybridized carbons (Fsp3) is 0.294. The number of benzene rings is 1. The van der Waals surface area contributed by atoms with Gasteiger partial charge in [-0.05, 0) is 67.3 Å². The van der Waals surface area contributed by atoms with E-state index in [-0.39, 0.29) is 24.1 Å². The minimum absolute atomic E-state index is 0. The van der Waals surface area contributed by atoms with Gasteiger partial charge in [-0.2, -0.15) is 0 Å². The van der Waals surface area contributed by atoms with Crippen LogP contribution in [0.25, 0.3) is 10.2 Å². The number of thiazole rings is 1. The van der Waals surface area contributed by atoms with Crippen molar-refractivity contribution >= 4 is 72.5 Å². The molecule has 140 valence electrons. The normalized spacial score (nSPS) is 11.0. The minimum Gasteiger partial charge on any atom is -0.444 e. The summed E-state index contributed by atoms with van der Waals surface area (Å²) in [6.07, 6.45) is 0.824. The third-order valence-electron chi connectivity index (χ3n) is 3.61. The van der Waals surface area contributed by atoms with E-state index in [0.29, 0.717) is 21.4 Å². The van der Waals surface area contributed by atoms with Gasteiger partial charge in [-0.15, -0.1) is 12.4 Å². The maximum absolute atomic E-state index is 12.9. The van der Waals surface area contributed by atoms with Gasteiger partial charge < -0.3 is 9.32 Å². The molecule has 2 aromatic heterocycles. The molecule has 1 amide bonds. The zero-order valence-electron chi connectivity index (χ0n) is 14.2. The van der Waals surface area contributed by atoms with E-state index in [2.05, 4.69) is 25.8 Å². The van der Waals surface area contributed by atoms with Crippen LogP contribution in [-0.2, 0) is 0 Å². The number of para-hydroxylation sites is 1. The smallest absolute Gasteiger partial charge is 0.295 e. The van der Waals surface area contributed by atoms with Crippen molar-refractivity contribution in [2.24, 2.45) is 0 Å². The summed E-state index contributed by atoms with van der Waals surface area (Å²) in [6, 6.07) is 9.00. The van der Waals surface area contributed by atoms with Gasteiger partial charge in [-0.1, -0.05) is 29.0 Å². The Morgan fingerprint density at radius 2 is 2.04 bits per heavy atom. The predicted molar refractivity (Wildman–Crippen MR) is 113 cm³/mol. The van der Waals surface area contributed by atoms with E-state index in [1.165, 1.54) is 11.3 Å². The van der Waals surface area contributed by atoms with Crippen LogP contribution in [0, 0.1) is 0 Å². The molecule has 26 heavy (non-hydrogen) atoms. The number of furan rings is 1. The van der Waals surface area contributed by atoms with Crippen LogP contribution in [0.2, 0.25) is 5.02 Å². The van der Waals surface area contributed by atoms with Crippen LogP contribution in [-0.4, -0.2) is 43.0 Å². The number of carbonyl (C=O) groups is 1. The Hall–Kier alpha value is -1.12. The molecule has 0 aliphatic rings. The van der Waals surface area contributed by atoms with E-state index >= 15 is 0 Å². The van der Waals surface area contributed by atoms with Crippen molar-refractivity contribution < 1.29 is 9.21 Å². The fourth-order valence-corrected chi connectivity index (χ4v) is 4.01. The number of fused-ring (bicyclic) bond motifs is 1. The molecule has 0 fully saturated rings. The Bertz CT molecular complexity index is 897. The Balaban J connectivity index is 0.00000243. The summed E-state index contributed by atoms with van der Waals surface area (Å²) in [5.74, 6) is 0.0710. The van der Waals surface area contributed by atoms with E-state index in [1.54, 1.807) is 23.1 Å². The zero-order valence-corrected chi connectivity index (χ0v) is 18.2. The summed E-state index contributed by atoms with van der Waals surface area (Å²) in [7, 11) is 4.01. The number of rotatable bonds is 6. The van der Waals surface area contributed by atoms with Gasteiger partial charge in [0.25, 0.3) is 5.91 Å². The van der Waals surface area contributed by atoms with Crippen molar-refractivity contribution in [1.82, 2.24) is 9.88 Å². The molecule has 3 rings (SSSR count). The predicted octanol–water partition coefficient (Wildman–Crippen LogP) is 5.33. The number of nitrogens with zero attached hydrogens (tertiary/aromatic N) is 3. The van der Waals surface area contributed by atoms with Gasteiger partial charge in [-0.3, -0.25) is 9.69 Å². The summed E-state index contributed by atoms with van der Waals surface area (Å²) >= 11 is 10.9. The number of aromatic nitrogens is 1. The topological polar surface area (TPSA) is 49.6 Å². The molecule has 0 saturated heterocycles.